The molecule has 0 fully saturated rings. The van der Waals surface area contributed by atoms with Crippen LogP contribution in [0.2, 0.25) is 0 Å². The number of hydrogen-bond acceptors (Lipinski definition) is 3. The highest BCUT2D eigenvalue weighted by atomic mass is 32.1. The van der Waals surface area contributed by atoms with Gasteiger partial charge in [-0.25, -0.2) is 0 Å². The van der Waals surface area contributed by atoms with E-state index in [1.54, 1.807) is 18.4 Å². The molecule has 2 N–H and O–H groups in total. The molecule has 1 rings (SSSR count). The number of nitrogens with one attached hydrogen (secondary N) is 2. The van der Waals surface area contributed by atoms with Gasteiger partial charge < -0.3 is 10.6 Å². The van der Waals surface area contributed by atoms with Crippen LogP contribution < -0.4 is 10.6 Å². The lowest BCUT2D eigenvalue weighted by Gasteiger charge is -2.17. The molecule has 0 aliphatic heterocycles. The molecule has 1 aromatic heterocycles. The molecular weight excluding hydrogens is 236 g/mol. The summed E-state index contributed by atoms with van der Waals surface area (Å²) in [5.74, 6) is -0.360. The van der Waals surface area contributed by atoms with Crippen LogP contribution in [0.25, 0.3) is 0 Å². The van der Waals surface area contributed by atoms with Crippen LogP contribution in [0.1, 0.15) is 37.6 Å². The van der Waals surface area contributed by atoms with Gasteiger partial charge in [0.15, 0.2) is 0 Å². The van der Waals surface area contributed by atoms with Crippen LogP contribution in [0.15, 0.2) is 16.8 Å². The Hall–Kier alpha value is -1.36. The van der Waals surface area contributed by atoms with E-state index in [0.29, 0.717) is 5.56 Å². The van der Waals surface area contributed by atoms with E-state index >= 15 is 0 Å². The second-order valence-electron chi connectivity index (χ2n) is 4.03. The molecule has 0 saturated carbocycles. The maximum atomic E-state index is 11.7. The molecule has 0 radical (unpaired) electrons. The Morgan fingerprint density at radius 2 is 2.06 bits per heavy atom. The molecule has 5 heteroatoms. The second-order valence-corrected chi connectivity index (χ2v) is 4.81. The van der Waals surface area contributed by atoms with Crippen molar-refractivity contribution in [2.75, 3.05) is 0 Å². The van der Waals surface area contributed by atoms with Crippen LogP contribution in [-0.2, 0) is 4.79 Å². The minimum absolute atomic E-state index is 0.128. The fourth-order valence-corrected chi connectivity index (χ4v) is 1.85. The van der Waals surface area contributed by atoms with Crippen LogP contribution in [0, 0.1) is 0 Å². The number of carbonyl (C=O) groups excluding carboxylic acids is 2. The van der Waals surface area contributed by atoms with Crippen LogP contribution in [0.5, 0.6) is 0 Å². The van der Waals surface area contributed by atoms with Crippen molar-refractivity contribution < 1.29 is 9.59 Å². The van der Waals surface area contributed by atoms with Gasteiger partial charge in [-0.15, -0.1) is 0 Å². The maximum absolute atomic E-state index is 11.7. The molecule has 94 valence electrons. The Kier molecular flexibility index (Phi) is 5.15. The predicted molar refractivity (Wildman–Crippen MR) is 69.1 cm³/mol. The summed E-state index contributed by atoms with van der Waals surface area (Å²) in [5, 5.41) is 9.09. The van der Waals surface area contributed by atoms with Gasteiger partial charge in [0.1, 0.15) is 6.04 Å². The van der Waals surface area contributed by atoms with Gasteiger partial charge in [0, 0.05) is 11.4 Å². The Bertz CT molecular complexity index is 376. The summed E-state index contributed by atoms with van der Waals surface area (Å²) >= 11 is 1.46. The second kappa shape index (κ2) is 6.39. The van der Waals surface area contributed by atoms with Gasteiger partial charge in [-0.2, -0.15) is 11.3 Å². The minimum atomic E-state index is -0.517. The molecular formula is C12H18N2O2S. The lowest BCUT2D eigenvalue weighted by atomic mass is 10.2. The molecule has 1 aromatic rings. The van der Waals surface area contributed by atoms with Gasteiger partial charge in [0.05, 0.1) is 5.56 Å². The third-order valence-electron chi connectivity index (χ3n) is 2.53. The number of rotatable bonds is 5. The average molecular weight is 254 g/mol. The summed E-state index contributed by atoms with van der Waals surface area (Å²) in [6.45, 7) is 5.62. The molecule has 0 aromatic carbocycles. The van der Waals surface area contributed by atoms with Crippen LogP contribution in [-0.4, -0.2) is 23.9 Å². The van der Waals surface area contributed by atoms with E-state index in [4.69, 9.17) is 0 Å². The molecule has 2 amide bonds. The van der Waals surface area contributed by atoms with Gasteiger partial charge >= 0.3 is 0 Å². The Labute approximate surface area is 105 Å². The highest BCUT2D eigenvalue weighted by molar-refractivity contribution is 7.08. The topological polar surface area (TPSA) is 58.2 Å². The van der Waals surface area contributed by atoms with Gasteiger partial charge in [0.25, 0.3) is 5.91 Å². The smallest absolute Gasteiger partial charge is 0.252 e. The molecule has 0 saturated heterocycles. The van der Waals surface area contributed by atoms with Gasteiger partial charge in [-0.3, -0.25) is 9.59 Å². The molecule has 17 heavy (non-hydrogen) atoms. The summed E-state index contributed by atoms with van der Waals surface area (Å²) in [4.78, 5) is 23.4. The number of amides is 2. The molecule has 0 aliphatic carbocycles. The van der Waals surface area contributed by atoms with E-state index in [1.807, 2.05) is 19.2 Å². The highest BCUT2D eigenvalue weighted by Gasteiger charge is 2.17. The van der Waals surface area contributed by atoms with Crippen molar-refractivity contribution in [3.63, 3.8) is 0 Å². The molecule has 0 aliphatic rings. The third kappa shape index (κ3) is 4.19. The number of thiophene rings is 1. The summed E-state index contributed by atoms with van der Waals surface area (Å²) < 4.78 is 0. The molecule has 2 unspecified atom stereocenters. The van der Waals surface area contributed by atoms with Crippen LogP contribution in [0.3, 0.4) is 0 Å². The number of hydrogen-bond donors (Lipinski definition) is 2. The lowest BCUT2D eigenvalue weighted by Crippen LogP contribution is -2.47. The van der Waals surface area contributed by atoms with Crippen molar-refractivity contribution in [2.24, 2.45) is 0 Å². The van der Waals surface area contributed by atoms with Crippen molar-refractivity contribution >= 4 is 23.2 Å². The summed E-state index contributed by atoms with van der Waals surface area (Å²) in [5.41, 5.74) is 0.596. The third-order valence-corrected chi connectivity index (χ3v) is 3.21. The molecule has 4 nitrogen and oxygen atoms in total. The van der Waals surface area contributed by atoms with E-state index in [-0.39, 0.29) is 17.9 Å². The van der Waals surface area contributed by atoms with Crippen LogP contribution in [0.4, 0.5) is 0 Å². The maximum Gasteiger partial charge on any atom is 0.252 e. The molecule has 1 heterocycles. The zero-order chi connectivity index (χ0) is 12.8. The van der Waals surface area contributed by atoms with Crippen molar-refractivity contribution in [1.29, 1.82) is 0 Å². The van der Waals surface area contributed by atoms with Crippen molar-refractivity contribution in [2.45, 2.75) is 39.3 Å². The largest absolute Gasteiger partial charge is 0.352 e. The predicted octanol–water partition coefficient (Wildman–Crippen LogP) is 1.78. The van der Waals surface area contributed by atoms with E-state index in [1.165, 1.54) is 11.3 Å². The van der Waals surface area contributed by atoms with Crippen molar-refractivity contribution in [3.8, 4) is 0 Å². The monoisotopic (exact) mass is 254 g/mol. The highest BCUT2D eigenvalue weighted by Crippen LogP contribution is 2.05. The fraction of sp³-hybridized carbons (Fsp3) is 0.500. The summed E-state index contributed by atoms with van der Waals surface area (Å²) in [6.07, 6.45) is 0.872. The zero-order valence-electron chi connectivity index (χ0n) is 10.3. The first-order valence-corrected chi connectivity index (χ1v) is 6.62. The average Bonchev–Trinajstić information content (AvgIpc) is 2.82. The first-order chi connectivity index (χ1) is 8.04. The molecule has 0 spiro atoms. The first-order valence-electron chi connectivity index (χ1n) is 5.68. The zero-order valence-corrected chi connectivity index (χ0v) is 11.1. The standard InChI is InChI=1S/C12H18N2O2S/c1-4-8(2)13-11(15)9(3)14-12(16)10-5-6-17-7-10/h5-9H,4H2,1-3H3,(H,13,15)(H,14,16). The minimum Gasteiger partial charge on any atom is -0.352 e. The lowest BCUT2D eigenvalue weighted by molar-refractivity contribution is -0.123. The summed E-state index contributed by atoms with van der Waals surface area (Å²) in [7, 11) is 0. The SMILES string of the molecule is CCC(C)NC(=O)C(C)NC(=O)c1ccsc1. The Morgan fingerprint density at radius 3 is 2.59 bits per heavy atom. The van der Waals surface area contributed by atoms with Gasteiger partial charge in [-0.1, -0.05) is 6.92 Å². The molecule has 2 atom stereocenters. The molecule has 0 bridgehead atoms. The Balaban J connectivity index is 2.46. The normalized spacial score (nSPS) is 13.8. The Morgan fingerprint density at radius 1 is 1.35 bits per heavy atom. The van der Waals surface area contributed by atoms with Crippen molar-refractivity contribution in [3.05, 3.63) is 22.4 Å². The van der Waals surface area contributed by atoms with E-state index in [9.17, 15) is 9.59 Å². The fourth-order valence-electron chi connectivity index (χ4n) is 1.21. The summed E-state index contributed by atoms with van der Waals surface area (Å²) in [6, 6.07) is 1.35. The quantitative estimate of drug-likeness (QED) is 0.841. The van der Waals surface area contributed by atoms with E-state index in [2.05, 4.69) is 10.6 Å². The van der Waals surface area contributed by atoms with E-state index < -0.39 is 6.04 Å². The number of carbonyl (C=O) groups is 2. The van der Waals surface area contributed by atoms with Crippen LogP contribution >= 0.6 is 11.3 Å². The van der Waals surface area contributed by atoms with Gasteiger partial charge in [0.2, 0.25) is 5.91 Å². The van der Waals surface area contributed by atoms with Gasteiger partial charge in [-0.05, 0) is 31.7 Å². The van der Waals surface area contributed by atoms with Crippen molar-refractivity contribution in [1.82, 2.24) is 10.6 Å². The van der Waals surface area contributed by atoms with E-state index in [0.717, 1.165) is 6.42 Å². The first kappa shape index (κ1) is 13.7.